The molecule has 74 valence electrons. The molecule has 0 bridgehead atoms. The first-order chi connectivity index (χ1) is 6.61. The van der Waals surface area contributed by atoms with E-state index in [1.807, 2.05) is 0 Å². The molecule has 0 radical (unpaired) electrons. The average Bonchev–Trinajstić information content (AvgIpc) is 2.83. The molecule has 1 fully saturated rings. The third kappa shape index (κ3) is 1.48. The molecular weight excluding hydrogens is 207 g/mol. The fraction of sp³-hybridized carbons (Fsp3) is 0.300. The highest BCUT2D eigenvalue weighted by Gasteiger charge is 2.46. The molecule has 0 aromatic heterocycles. The molecule has 0 amide bonds. The molecule has 1 N–H and O–H groups in total. The van der Waals surface area contributed by atoms with Crippen molar-refractivity contribution >= 4 is 17.6 Å². The van der Waals surface area contributed by atoms with E-state index in [0.717, 1.165) is 0 Å². The number of carboxylic acids is 1. The molecule has 1 aliphatic rings. The highest BCUT2D eigenvalue weighted by atomic mass is 35.5. The standard InChI is InChI=1S/C10H8ClFO2/c11-7-2-1-3-8(12)9(7)5-4-6(5)10(13)14/h1-3,5-6H,4H2,(H,13,14)/t5-,6+/m1/s1. The predicted octanol–water partition coefficient (Wildman–Crippen LogP) is 2.67. The van der Waals surface area contributed by atoms with Crippen LogP contribution in [0.2, 0.25) is 5.02 Å². The molecule has 1 aromatic carbocycles. The molecule has 2 rings (SSSR count). The van der Waals surface area contributed by atoms with Gasteiger partial charge < -0.3 is 5.11 Å². The fourth-order valence-electron chi connectivity index (χ4n) is 1.65. The molecule has 0 aliphatic heterocycles. The first-order valence-electron chi connectivity index (χ1n) is 4.28. The first kappa shape index (κ1) is 9.46. The summed E-state index contributed by atoms with van der Waals surface area (Å²) >= 11 is 5.80. The summed E-state index contributed by atoms with van der Waals surface area (Å²) in [5.74, 6) is -2.01. The molecule has 0 spiro atoms. The van der Waals surface area contributed by atoms with E-state index in [1.54, 1.807) is 6.07 Å². The van der Waals surface area contributed by atoms with E-state index in [1.165, 1.54) is 12.1 Å². The molecule has 4 heteroatoms. The number of carbonyl (C=O) groups is 1. The van der Waals surface area contributed by atoms with Crippen molar-refractivity contribution in [1.82, 2.24) is 0 Å². The molecular formula is C10H8ClFO2. The van der Waals surface area contributed by atoms with Crippen LogP contribution in [-0.4, -0.2) is 11.1 Å². The van der Waals surface area contributed by atoms with E-state index in [4.69, 9.17) is 16.7 Å². The minimum Gasteiger partial charge on any atom is -0.481 e. The summed E-state index contributed by atoms with van der Waals surface area (Å²) in [7, 11) is 0. The van der Waals surface area contributed by atoms with Crippen molar-refractivity contribution in [2.24, 2.45) is 5.92 Å². The normalized spacial score (nSPS) is 24.7. The summed E-state index contributed by atoms with van der Waals surface area (Å²) in [6, 6.07) is 4.40. The number of benzene rings is 1. The Balaban J connectivity index is 2.31. The lowest BCUT2D eigenvalue weighted by atomic mass is 10.1. The van der Waals surface area contributed by atoms with E-state index in [-0.39, 0.29) is 5.92 Å². The zero-order valence-corrected chi connectivity index (χ0v) is 7.96. The Kier molecular flexibility index (Phi) is 2.19. The van der Waals surface area contributed by atoms with Gasteiger partial charge in [-0.2, -0.15) is 0 Å². The summed E-state index contributed by atoms with van der Waals surface area (Å²) in [5.41, 5.74) is 0.349. The first-order valence-corrected chi connectivity index (χ1v) is 4.65. The van der Waals surface area contributed by atoms with E-state index >= 15 is 0 Å². The predicted molar refractivity (Wildman–Crippen MR) is 49.9 cm³/mol. The van der Waals surface area contributed by atoms with Crippen LogP contribution in [0.4, 0.5) is 4.39 Å². The van der Waals surface area contributed by atoms with Gasteiger partial charge in [-0.3, -0.25) is 4.79 Å². The van der Waals surface area contributed by atoms with Crippen LogP contribution in [-0.2, 0) is 4.79 Å². The Labute approximate surface area is 85.3 Å². The van der Waals surface area contributed by atoms with Gasteiger partial charge in [0.15, 0.2) is 0 Å². The van der Waals surface area contributed by atoms with Crippen LogP contribution in [0.3, 0.4) is 0 Å². The molecule has 14 heavy (non-hydrogen) atoms. The lowest BCUT2D eigenvalue weighted by Gasteiger charge is -2.03. The second-order valence-corrected chi connectivity index (χ2v) is 3.83. The largest absolute Gasteiger partial charge is 0.481 e. The molecule has 2 atom stereocenters. The zero-order chi connectivity index (χ0) is 10.3. The summed E-state index contributed by atoms with van der Waals surface area (Å²) in [6.07, 6.45) is 0.482. The van der Waals surface area contributed by atoms with E-state index < -0.39 is 17.7 Å². The maximum absolute atomic E-state index is 13.3. The van der Waals surface area contributed by atoms with Crippen LogP contribution in [0.1, 0.15) is 17.9 Å². The van der Waals surface area contributed by atoms with Gasteiger partial charge in [-0.05, 0) is 18.6 Å². The summed E-state index contributed by atoms with van der Waals surface area (Å²) in [5, 5.41) is 9.02. The van der Waals surface area contributed by atoms with Crippen molar-refractivity contribution < 1.29 is 14.3 Å². The second-order valence-electron chi connectivity index (χ2n) is 3.42. The van der Waals surface area contributed by atoms with Gasteiger partial charge in [-0.1, -0.05) is 17.7 Å². The number of hydrogen-bond acceptors (Lipinski definition) is 1. The molecule has 2 nitrogen and oxygen atoms in total. The van der Waals surface area contributed by atoms with Gasteiger partial charge in [-0.25, -0.2) is 4.39 Å². The lowest BCUT2D eigenvalue weighted by Crippen LogP contribution is -2.00. The third-order valence-corrected chi connectivity index (χ3v) is 2.81. The Bertz CT molecular complexity index is 371. The van der Waals surface area contributed by atoms with Crippen molar-refractivity contribution in [2.75, 3.05) is 0 Å². The molecule has 1 saturated carbocycles. The topological polar surface area (TPSA) is 37.3 Å². The number of carboxylic acid groups (broad SMARTS) is 1. The van der Waals surface area contributed by atoms with Gasteiger partial charge in [0, 0.05) is 16.5 Å². The van der Waals surface area contributed by atoms with E-state index in [0.29, 0.717) is 17.0 Å². The SMILES string of the molecule is O=C(O)[C@H]1C[C@H]1c1c(F)cccc1Cl. The maximum atomic E-state index is 13.3. The Morgan fingerprint density at radius 3 is 2.79 bits per heavy atom. The Hall–Kier alpha value is -1.09. The second kappa shape index (κ2) is 3.24. The highest BCUT2D eigenvalue weighted by molar-refractivity contribution is 6.31. The number of aliphatic carboxylic acids is 1. The number of halogens is 2. The zero-order valence-electron chi connectivity index (χ0n) is 7.21. The van der Waals surface area contributed by atoms with Gasteiger partial charge in [0.2, 0.25) is 0 Å². The van der Waals surface area contributed by atoms with Crippen molar-refractivity contribution in [3.05, 3.63) is 34.6 Å². The minimum absolute atomic E-state index is 0.249. The van der Waals surface area contributed by atoms with Crippen LogP contribution >= 0.6 is 11.6 Å². The molecule has 1 aromatic rings. The fourth-order valence-corrected chi connectivity index (χ4v) is 1.96. The van der Waals surface area contributed by atoms with Crippen LogP contribution in [0.15, 0.2) is 18.2 Å². The summed E-state index contributed by atoms with van der Waals surface area (Å²) in [4.78, 5) is 10.6. The van der Waals surface area contributed by atoms with Crippen molar-refractivity contribution in [1.29, 1.82) is 0 Å². The van der Waals surface area contributed by atoms with Crippen LogP contribution in [0, 0.1) is 11.7 Å². The molecule has 0 unspecified atom stereocenters. The summed E-state index contributed by atoms with van der Waals surface area (Å²) < 4.78 is 13.3. The van der Waals surface area contributed by atoms with Gasteiger partial charge in [-0.15, -0.1) is 0 Å². The number of rotatable bonds is 2. The maximum Gasteiger partial charge on any atom is 0.307 e. The lowest BCUT2D eigenvalue weighted by molar-refractivity contribution is -0.138. The van der Waals surface area contributed by atoms with Crippen LogP contribution < -0.4 is 0 Å². The van der Waals surface area contributed by atoms with Crippen LogP contribution in [0.25, 0.3) is 0 Å². The van der Waals surface area contributed by atoms with Crippen molar-refractivity contribution in [3.8, 4) is 0 Å². The molecule has 0 saturated heterocycles. The van der Waals surface area contributed by atoms with Gasteiger partial charge in [0.1, 0.15) is 5.82 Å². The smallest absolute Gasteiger partial charge is 0.307 e. The summed E-state index contributed by atoms with van der Waals surface area (Å²) in [6.45, 7) is 0. The average molecular weight is 215 g/mol. The van der Waals surface area contributed by atoms with Gasteiger partial charge >= 0.3 is 5.97 Å². The van der Waals surface area contributed by atoms with Gasteiger partial charge in [0.05, 0.1) is 5.92 Å². The molecule has 1 aliphatic carbocycles. The van der Waals surface area contributed by atoms with Crippen molar-refractivity contribution in [2.45, 2.75) is 12.3 Å². The minimum atomic E-state index is -0.880. The molecule has 0 heterocycles. The highest BCUT2D eigenvalue weighted by Crippen LogP contribution is 2.50. The van der Waals surface area contributed by atoms with E-state index in [9.17, 15) is 9.18 Å². The van der Waals surface area contributed by atoms with Crippen molar-refractivity contribution in [3.63, 3.8) is 0 Å². The Morgan fingerprint density at radius 2 is 2.29 bits per heavy atom. The van der Waals surface area contributed by atoms with Gasteiger partial charge in [0.25, 0.3) is 0 Å². The number of hydrogen-bond donors (Lipinski definition) is 1. The van der Waals surface area contributed by atoms with E-state index in [2.05, 4.69) is 0 Å². The quantitative estimate of drug-likeness (QED) is 0.822. The third-order valence-electron chi connectivity index (χ3n) is 2.48. The Morgan fingerprint density at radius 1 is 1.57 bits per heavy atom. The monoisotopic (exact) mass is 214 g/mol. The van der Waals surface area contributed by atoms with Crippen LogP contribution in [0.5, 0.6) is 0 Å².